The van der Waals surface area contributed by atoms with Crippen molar-refractivity contribution in [1.29, 1.82) is 0 Å². The first kappa shape index (κ1) is 21.6. The van der Waals surface area contributed by atoms with Crippen molar-refractivity contribution in [3.63, 3.8) is 0 Å². The van der Waals surface area contributed by atoms with Gasteiger partial charge in [0.1, 0.15) is 6.61 Å². The molecule has 9 nitrogen and oxygen atoms in total. The summed E-state index contributed by atoms with van der Waals surface area (Å²) in [6.45, 7) is 0.136. The first-order valence-corrected chi connectivity index (χ1v) is 9.48. The Morgan fingerprint density at radius 1 is 1.23 bits per heavy atom. The van der Waals surface area contributed by atoms with Crippen LogP contribution in [0.2, 0.25) is 0 Å². The van der Waals surface area contributed by atoms with Gasteiger partial charge < -0.3 is 26.0 Å². The number of benzene rings is 1. The van der Waals surface area contributed by atoms with Gasteiger partial charge in [-0.25, -0.2) is 8.78 Å². The standard InChI is InChI=1S/C19H22F2N4O5/c20-16(21)12-8-11(4-5-13(12)25-6-7-30-9-14(25)26)23-19(29)15(17(22)27)24-18(28)10-2-1-3-10/h4-5,8,10,15-16H,1-3,6-7,9H2,(H2,22,27)(H,23,29)(H,24,28)/t15-/m0/s1. The fourth-order valence-corrected chi connectivity index (χ4v) is 3.24. The number of primary amides is 1. The first-order valence-electron chi connectivity index (χ1n) is 9.48. The van der Waals surface area contributed by atoms with E-state index in [4.69, 9.17) is 10.5 Å². The van der Waals surface area contributed by atoms with Crippen molar-refractivity contribution in [2.45, 2.75) is 31.7 Å². The fourth-order valence-electron chi connectivity index (χ4n) is 3.24. The molecule has 1 heterocycles. The van der Waals surface area contributed by atoms with Crippen LogP contribution < -0.4 is 21.3 Å². The highest BCUT2D eigenvalue weighted by Gasteiger charge is 2.32. The van der Waals surface area contributed by atoms with Crippen LogP contribution >= 0.6 is 0 Å². The summed E-state index contributed by atoms with van der Waals surface area (Å²) in [5.41, 5.74) is 4.75. The number of rotatable bonds is 7. The van der Waals surface area contributed by atoms with Crippen molar-refractivity contribution >= 4 is 35.0 Å². The van der Waals surface area contributed by atoms with Gasteiger partial charge in [0, 0.05) is 23.7 Å². The van der Waals surface area contributed by atoms with Crippen molar-refractivity contribution in [2.24, 2.45) is 11.7 Å². The van der Waals surface area contributed by atoms with Crippen molar-refractivity contribution in [2.75, 3.05) is 30.0 Å². The third-order valence-electron chi connectivity index (χ3n) is 5.12. The maximum atomic E-state index is 13.6. The molecule has 0 spiro atoms. The Bertz CT molecular complexity index is 859. The third kappa shape index (κ3) is 4.73. The summed E-state index contributed by atoms with van der Waals surface area (Å²) in [5.74, 6) is -3.17. The molecule has 4 N–H and O–H groups in total. The van der Waals surface area contributed by atoms with Gasteiger partial charge in [-0.05, 0) is 31.0 Å². The van der Waals surface area contributed by atoms with E-state index in [1.165, 1.54) is 17.0 Å². The Balaban J connectivity index is 1.76. The number of hydrogen-bond donors (Lipinski definition) is 3. The predicted octanol–water partition coefficient (Wildman–Crippen LogP) is 0.696. The summed E-state index contributed by atoms with van der Waals surface area (Å²) in [6.07, 6.45) is -0.700. The van der Waals surface area contributed by atoms with Crippen molar-refractivity contribution in [3.8, 4) is 0 Å². The van der Waals surface area contributed by atoms with Crippen LogP contribution in [0.1, 0.15) is 31.3 Å². The number of amides is 4. The molecular formula is C19H22F2N4O5. The number of carbonyl (C=O) groups excluding carboxylic acids is 4. The lowest BCUT2D eigenvalue weighted by Crippen LogP contribution is -2.53. The Morgan fingerprint density at radius 3 is 2.53 bits per heavy atom. The lowest BCUT2D eigenvalue weighted by atomic mass is 9.84. The quantitative estimate of drug-likeness (QED) is 0.555. The van der Waals surface area contributed by atoms with Crippen LogP contribution in [0.4, 0.5) is 20.2 Å². The van der Waals surface area contributed by atoms with E-state index in [0.29, 0.717) is 12.8 Å². The minimum absolute atomic E-state index is 0.0148. The van der Waals surface area contributed by atoms with Crippen LogP contribution in [0.5, 0.6) is 0 Å². The number of hydrogen-bond acceptors (Lipinski definition) is 5. The molecule has 3 rings (SSSR count). The molecule has 1 aliphatic carbocycles. The third-order valence-corrected chi connectivity index (χ3v) is 5.12. The van der Waals surface area contributed by atoms with Gasteiger partial charge in [0.25, 0.3) is 18.2 Å². The topological polar surface area (TPSA) is 131 Å². The molecule has 1 aromatic rings. The molecule has 30 heavy (non-hydrogen) atoms. The average Bonchev–Trinajstić information content (AvgIpc) is 2.65. The van der Waals surface area contributed by atoms with Gasteiger partial charge in [-0.1, -0.05) is 6.42 Å². The molecule has 1 saturated carbocycles. The highest BCUT2D eigenvalue weighted by atomic mass is 19.3. The van der Waals surface area contributed by atoms with Crippen LogP contribution in [0.25, 0.3) is 0 Å². The second-order valence-electron chi connectivity index (χ2n) is 7.13. The molecule has 0 radical (unpaired) electrons. The van der Waals surface area contributed by atoms with Crippen molar-refractivity contribution in [3.05, 3.63) is 23.8 Å². The summed E-state index contributed by atoms with van der Waals surface area (Å²) in [7, 11) is 0. The Kier molecular flexibility index (Phi) is 6.60. The molecule has 1 atom stereocenters. The fraction of sp³-hybridized carbons (Fsp3) is 0.474. The molecule has 2 aliphatic rings. The molecule has 1 aliphatic heterocycles. The summed E-state index contributed by atoms with van der Waals surface area (Å²) >= 11 is 0. The summed E-state index contributed by atoms with van der Waals surface area (Å²) in [5, 5.41) is 4.63. The number of halogens is 2. The number of carbonyl (C=O) groups is 4. The van der Waals surface area contributed by atoms with Gasteiger partial charge in [0.05, 0.1) is 12.3 Å². The highest BCUT2D eigenvalue weighted by molar-refractivity contribution is 6.11. The number of anilines is 2. The number of morpholine rings is 1. The van der Waals surface area contributed by atoms with E-state index in [1.807, 2.05) is 0 Å². The monoisotopic (exact) mass is 424 g/mol. The van der Waals surface area contributed by atoms with Crippen LogP contribution in [-0.4, -0.2) is 49.4 Å². The van der Waals surface area contributed by atoms with E-state index >= 15 is 0 Å². The largest absolute Gasteiger partial charge is 0.370 e. The van der Waals surface area contributed by atoms with Gasteiger partial charge in [0.2, 0.25) is 11.8 Å². The van der Waals surface area contributed by atoms with E-state index in [9.17, 15) is 28.0 Å². The van der Waals surface area contributed by atoms with Gasteiger partial charge in [-0.3, -0.25) is 19.2 Å². The molecule has 0 unspecified atom stereocenters. The van der Waals surface area contributed by atoms with E-state index in [0.717, 1.165) is 12.5 Å². The van der Waals surface area contributed by atoms with Gasteiger partial charge in [0.15, 0.2) is 6.04 Å². The van der Waals surface area contributed by atoms with Crippen molar-refractivity contribution < 1.29 is 32.7 Å². The molecule has 0 bridgehead atoms. The number of nitrogens with zero attached hydrogens (tertiary/aromatic N) is 1. The van der Waals surface area contributed by atoms with Crippen LogP contribution in [-0.2, 0) is 23.9 Å². The number of nitrogens with one attached hydrogen (secondary N) is 2. The van der Waals surface area contributed by atoms with Crippen molar-refractivity contribution in [1.82, 2.24) is 5.32 Å². The zero-order chi connectivity index (χ0) is 21.8. The molecular weight excluding hydrogens is 402 g/mol. The van der Waals surface area contributed by atoms with Gasteiger partial charge in [-0.2, -0.15) is 0 Å². The molecule has 1 aromatic carbocycles. The summed E-state index contributed by atoms with van der Waals surface area (Å²) in [4.78, 5) is 49.3. The van der Waals surface area contributed by atoms with Crippen LogP contribution in [0.3, 0.4) is 0 Å². The summed E-state index contributed by atoms with van der Waals surface area (Å²) in [6, 6.07) is 2.00. The van der Waals surface area contributed by atoms with E-state index in [-0.39, 0.29) is 37.1 Å². The minimum atomic E-state index is -2.92. The van der Waals surface area contributed by atoms with Crippen LogP contribution in [0.15, 0.2) is 18.2 Å². The lowest BCUT2D eigenvalue weighted by Gasteiger charge is -2.29. The summed E-state index contributed by atoms with van der Waals surface area (Å²) < 4.78 is 32.2. The van der Waals surface area contributed by atoms with E-state index in [1.54, 1.807) is 0 Å². The SMILES string of the molecule is NC(=O)[C@H](NC(=O)C1CCC1)C(=O)Nc1ccc(N2CCOCC2=O)c(C(F)F)c1. The molecule has 4 amide bonds. The second-order valence-corrected chi connectivity index (χ2v) is 7.13. The van der Waals surface area contributed by atoms with E-state index < -0.39 is 41.7 Å². The number of ether oxygens (including phenoxy) is 1. The Hall–Kier alpha value is -3.08. The molecule has 1 saturated heterocycles. The molecule has 0 aromatic heterocycles. The smallest absolute Gasteiger partial charge is 0.265 e. The average molecular weight is 424 g/mol. The van der Waals surface area contributed by atoms with Gasteiger partial charge >= 0.3 is 0 Å². The Labute approximate surface area is 170 Å². The van der Waals surface area contributed by atoms with Crippen LogP contribution in [0, 0.1) is 5.92 Å². The first-order chi connectivity index (χ1) is 14.3. The zero-order valence-corrected chi connectivity index (χ0v) is 16.0. The molecule has 2 fully saturated rings. The molecule has 11 heteroatoms. The Morgan fingerprint density at radius 2 is 1.97 bits per heavy atom. The maximum absolute atomic E-state index is 13.6. The number of alkyl halides is 2. The normalized spacial score (nSPS) is 18.0. The van der Waals surface area contributed by atoms with E-state index in [2.05, 4.69) is 10.6 Å². The predicted molar refractivity (Wildman–Crippen MR) is 102 cm³/mol. The highest BCUT2D eigenvalue weighted by Crippen LogP contribution is 2.33. The zero-order valence-electron chi connectivity index (χ0n) is 16.0. The second kappa shape index (κ2) is 9.16. The molecule has 162 valence electrons. The minimum Gasteiger partial charge on any atom is -0.370 e. The maximum Gasteiger partial charge on any atom is 0.265 e. The number of nitrogens with two attached hydrogens (primary N) is 1. The van der Waals surface area contributed by atoms with Gasteiger partial charge in [-0.15, -0.1) is 0 Å². The lowest BCUT2D eigenvalue weighted by molar-refractivity contribution is -0.136.